The van der Waals surface area contributed by atoms with E-state index in [0.717, 1.165) is 54.8 Å². The van der Waals surface area contributed by atoms with Gasteiger partial charge in [0.25, 0.3) is 0 Å². The zero-order chi connectivity index (χ0) is 41.5. The van der Waals surface area contributed by atoms with Gasteiger partial charge in [-0.3, -0.25) is 9.05 Å². The van der Waals surface area contributed by atoms with Gasteiger partial charge in [0.05, 0.1) is 26.4 Å². The van der Waals surface area contributed by atoms with E-state index in [-0.39, 0.29) is 13.2 Å². The molecule has 0 aromatic heterocycles. The van der Waals surface area contributed by atoms with E-state index in [4.69, 9.17) is 23.6 Å². The molecule has 0 saturated heterocycles. The number of rotatable bonds is 40. The van der Waals surface area contributed by atoms with E-state index < -0.39 is 33.2 Å². The quantitative estimate of drug-likeness (QED) is 0.0414. The van der Waals surface area contributed by atoms with Gasteiger partial charge in [0.2, 0.25) is 0 Å². The van der Waals surface area contributed by atoms with Gasteiger partial charge >= 0.3 is 7.82 Å². The van der Waals surface area contributed by atoms with Gasteiger partial charge in [-0.05, 0) is 60.2 Å². The van der Waals surface area contributed by atoms with Gasteiger partial charge in [0.15, 0.2) is 0 Å². The summed E-state index contributed by atoms with van der Waals surface area (Å²) in [5.41, 5.74) is 0. The zero-order valence-corrected chi connectivity index (χ0v) is 38.9. The highest BCUT2D eigenvalue weighted by molar-refractivity contribution is 7.47. The van der Waals surface area contributed by atoms with Crippen LogP contribution in [0.15, 0.2) is 0 Å². The fourth-order valence-electron chi connectivity index (χ4n) is 7.40. The van der Waals surface area contributed by atoms with Crippen LogP contribution in [0, 0.1) is 47.3 Å². The van der Waals surface area contributed by atoms with Crippen LogP contribution in [0.4, 0.5) is 0 Å². The smallest absolute Gasteiger partial charge is 0.394 e. The fourth-order valence-corrected chi connectivity index (χ4v) is 8.19. The van der Waals surface area contributed by atoms with Gasteiger partial charge in [0.1, 0.15) is 12.2 Å². The van der Waals surface area contributed by atoms with Crippen LogP contribution >= 0.6 is 7.82 Å². The molecule has 0 aromatic carbocycles. The average molecular weight is 807 g/mol. The molecule has 9 atom stereocenters. The van der Waals surface area contributed by atoms with Crippen molar-refractivity contribution in [2.75, 3.05) is 39.6 Å². The summed E-state index contributed by atoms with van der Waals surface area (Å²) in [5, 5.41) is 18.5. The number of hydrogen-bond acceptors (Lipinski definition) is 7. The molecule has 0 aliphatic heterocycles. The van der Waals surface area contributed by atoms with E-state index in [1.807, 2.05) is 0 Å². The summed E-state index contributed by atoms with van der Waals surface area (Å²) >= 11 is 0. The van der Waals surface area contributed by atoms with Crippen LogP contribution in [0.1, 0.15) is 198 Å². The van der Waals surface area contributed by atoms with Crippen molar-refractivity contribution < 1.29 is 38.2 Å². The molecule has 9 unspecified atom stereocenters. The minimum absolute atomic E-state index is 0.157. The second kappa shape index (κ2) is 34.8. The molecule has 0 radical (unpaired) electrons. The lowest BCUT2D eigenvalue weighted by molar-refractivity contribution is -0.0492. The lowest BCUT2D eigenvalue weighted by Crippen LogP contribution is -2.27. The summed E-state index contributed by atoms with van der Waals surface area (Å²) in [6.07, 6.45) is 23.7. The van der Waals surface area contributed by atoms with E-state index in [9.17, 15) is 14.6 Å². The van der Waals surface area contributed by atoms with Crippen molar-refractivity contribution in [3.63, 3.8) is 0 Å². The number of hydrogen-bond donors (Lipinski definition) is 3. The molecule has 0 rings (SSSR count). The maximum Gasteiger partial charge on any atom is 0.472 e. The maximum atomic E-state index is 12.4. The van der Waals surface area contributed by atoms with Crippen LogP contribution in [0.25, 0.3) is 0 Å². The maximum absolute atomic E-state index is 12.4. The summed E-state index contributed by atoms with van der Waals surface area (Å²) in [6, 6.07) is 0. The molecule has 55 heavy (non-hydrogen) atoms. The molecule has 0 heterocycles. The Balaban J connectivity index is 4.50. The van der Waals surface area contributed by atoms with E-state index in [2.05, 4.69) is 69.2 Å². The summed E-state index contributed by atoms with van der Waals surface area (Å²) in [5.74, 6) is 5.95. The van der Waals surface area contributed by atoms with Gasteiger partial charge in [-0.2, -0.15) is 0 Å². The van der Waals surface area contributed by atoms with Crippen molar-refractivity contribution in [3.05, 3.63) is 0 Å². The molecular weight excluding hydrogens is 711 g/mol. The molecule has 0 aliphatic carbocycles. The highest BCUT2D eigenvalue weighted by Gasteiger charge is 2.25. The molecule has 0 aromatic rings. The van der Waals surface area contributed by atoms with Crippen molar-refractivity contribution in [2.45, 2.75) is 210 Å². The van der Waals surface area contributed by atoms with Crippen LogP contribution in [0.2, 0.25) is 0 Å². The topological polar surface area (TPSA) is 115 Å². The van der Waals surface area contributed by atoms with Crippen molar-refractivity contribution >= 4 is 7.82 Å². The first kappa shape index (κ1) is 55.0. The molecule has 0 saturated carbocycles. The molecule has 0 spiro atoms. The van der Waals surface area contributed by atoms with Crippen LogP contribution in [-0.4, -0.2) is 67.0 Å². The SMILES string of the molecule is CC(C)CCCC(C)CCCC(C)CCCC(C)CCOCC(COP(=O)(O)OCC(O)CO)OCCC(C)CCCC(C)CCCC(C)CCCC(C)C. The predicted octanol–water partition coefficient (Wildman–Crippen LogP) is 12.8. The third-order valence-corrected chi connectivity index (χ3v) is 12.6. The van der Waals surface area contributed by atoms with Crippen molar-refractivity contribution in [1.29, 1.82) is 0 Å². The monoisotopic (exact) mass is 807 g/mol. The normalized spacial score (nSPS) is 17.9. The summed E-state index contributed by atoms with van der Waals surface area (Å²) < 4.78 is 34.6. The molecule has 9 heteroatoms. The van der Waals surface area contributed by atoms with Crippen molar-refractivity contribution in [2.24, 2.45) is 47.3 Å². The first-order chi connectivity index (χ1) is 26.0. The van der Waals surface area contributed by atoms with E-state index >= 15 is 0 Å². The Morgan fingerprint density at radius 2 is 0.782 bits per heavy atom. The Bertz CT molecular complexity index is 888. The van der Waals surface area contributed by atoms with Gasteiger partial charge in [-0.1, -0.05) is 185 Å². The Morgan fingerprint density at radius 3 is 1.15 bits per heavy atom. The summed E-state index contributed by atoms with van der Waals surface area (Å²) in [4.78, 5) is 10.1. The Hall–Kier alpha value is -0.0500. The molecular formula is C46H95O8P. The van der Waals surface area contributed by atoms with Crippen LogP contribution in [0.5, 0.6) is 0 Å². The minimum Gasteiger partial charge on any atom is -0.394 e. The molecule has 332 valence electrons. The number of ether oxygens (including phenoxy) is 2. The minimum atomic E-state index is -4.42. The van der Waals surface area contributed by atoms with Gasteiger partial charge < -0.3 is 24.6 Å². The highest BCUT2D eigenvalue weighted by atomic mass is 31.2. The van der Waals surface area contributed by atoms with Gasteiger partial charge in [-0.15, -0.1) is 0 Å². The Morgan fingerprint density at radius 1 is 0.455 bits per heavy atom. The average Bonchev–Trinajstić information content (AvgIpc) is 3.10. The third kappa shape index (κ3) is 36.7. The zero-order valence-electron chi connectivity index (χ0n) is 38.0. The highest BCUT2D eigenvalue weighted by Crippen LogP contribution is 2.43. The van der Waals surface area contributed by atoms with E-state index in [0.29, 0.717) is 25.0 Å². The van der Waals surface area contributed by atoms with Gasteiger partial charge in [-0.25, -0.2) is 4.57 Å². The third-order valence-electron chi connectivity index (χ3n) is 11.6. The number of aliphatic hydroxyl groups excluding tert-OH is 2. The molecule has 8 nitrogen and oxygen atoms in total. The van der Waals surface area contributed by atoms with Crippen LogP contribution in [0.3, 0.4) is 0 Å². The Kier molecular flexibility index (Phi) is 34.7. The number of aliphatic hydroxyl groups is 2. The van der Waals surface area contributed by atoms with Crippen LogP contribution < -0.4 is 0 Å². The molecule has 0 fully saturated rings. The fraction of sp³-hybridized carbons (Fsp3) is 1.00. The largest absolute Gasteiger partial charge is 0.472 e. The van der Waals surface area contributed by atoms with E-state index in [1.165, 1.54) is 109 Å². The second-order valence-electron chi connectivity index (χ2n) is 19.0. The van der Waals surface area contributed by atoms with Crippen molar-refractivity contribution in [3.8, 4) is 0 Å². The van der Waals surface area contributed by atoms with Gasteiger partial charge in [0, 0.05) is 13.2 Å². The lowest BCUT2D eigenvalue weighted by atomic mass is 9.91. The molecule has 0 aliphatic rings. The Labute approximate surface area is 342 Å². The number of phosphoric ester groups is 1. The molecule has 0 amide bonds. The molecule has 0 bridgehead atoms. The summed E-state index contributed by atoms with van der Waals surface area (Å²) in [7, 11) is -4.42. The van der Waals surface area contributed by atoms with Crippen molar-refractivity contribution in [1.82, 2.24) is 0 Å². The second-order valence-corrected chi connectivity index (χ2v) is 20.5. The molecule has 3 N–H and O–H groups in total. The first-order valence-corrected chi connectivity index (χ1v) is 24.6. The standard InChI is InChI=1S/C46H95O8P/c1-37(2)17-11-19-39(5)21-13-23-41(7)25-15-27-43(9)29-31-51-35-46(36-54-55(49,50)53-34-45(48)33-47)52-32-30-44(10)28-16-26-42(8)24-14-22-40(6)20-12-18-38(3)4/h37-48H,11-36H2,1-10H3,(H,49,50). The predicted molar refractivity (Wildman–Crippen MR) is 232 cm³/mol. The number of phosphoric acid groups is 1. The van der Waals surface area contributed by atoms with Crippen LogP contribution in [-0.2, 0) is 23.1 Å². The van der Waals surface area contributed by atoms with E-state index in [1.54, 1.807) is 0 Å². The summed E-state index contributed by atoms with van der Waals surface area (Å²) in [6.45, 7) is 23.7. The lowest BCUT2D eigenvalue weighted by Gasteiger charge is -2.22. The first-order valence-electron chi connectivity index (χ1n) is 23.1.